The fourth-order valence-electron chi connectivity index (χ4n) is 4.20. The van der Waals surface area contributed by atoms with Gasteiger partial charge >= 0.3 is 0 Å². The summed E-state index contributed by atoms with van der Waals surface area (Å²) in [4.78, 5) is 12.3. The maximum Gasteiger partial charge on any atom is 0.0823 e. The smallest absolute Gasteiger partial charge is 0.0823 e. The molecule has 0 amide bonds. The molecule has 4 nitrogen and oxygen atoms in total. The number of hydrogen-bond donors (Lipinski definition) is 1. The van der Waals surface area contributed by atoms with E-state index in [0.717, 1.165) is 37.6 Å². The predicted octanol–water partition coefficient (Wildman–Crippen LogP) is 3.31. The Labute approximate surface area is 174 Å². The molecule has 0 atom stereocenters. The third-order valence-corrected chi connectivity index (χ3v) is 5.99. The van der Waals surface area contributed by atoms with Gasteiger partial charge in [0.15, 0.2) is 0 Å². The fourth-order valence-corrected chi connectivity index (χ4v) is 4.20. The van der Waals surface area contributed by atoms with Gasteiger partial charge in [-0.3, -0.25) is 0 Å². The summed E-state index contributed by atoms with van der Waals surface area (Å²) in [7, 11) is 4.17. The summed E-state index contributed by atoms with van der Waals surface area (Å²) in [6.07, 6.45) is 5.19. The second-order valence-electron chi connectivity index (χ2n) is 8.70. The molecule has 0 aliphatic heterocycles. The molecule has 3 rings (SSSR count). The third kappa shape index (κ3) is 4.59. The molecule has 4 heteroatoms. The van der Waals surface area contributed by atoms with E-state index in [1.807, 2.05) is 0 Å². The molecule has 1 N–H and O–H groups in total. The highest BCUT2D eigenvalue weighted by Crippen LogP contribution is 2.36. The lowest BCUT2D eigenvalue weighted by Gasteiger charge is -2.33. The summed E-state index contributed by atoms with van der Waals surface area (Å²) in [6, 6.07) is 11.4. The molecule has 0 spiro atoms. The Bertz CT molecular complexity index is 992. The molecule has 0 aromatic heterocycles. The molecule has 1 aliphatic rings. The van der Waals surface area contributed by atoms with E-state index >= 15 is 0 Å². The van der Waals surface area contributed by atoms with Gasteiger partial charge in [0, 0.05) is 25.2 Å². The van der Waals surface area contributed by atoms with E-state index in [9.17, 15) is 4.91 Å². The van der Waals surface area contributed by atoms with Crippen molar-refractivity contribution in [3.05, 3.63) is 67.9 Å². The molecule has 0 fully saturated rings. The van der Waals surface area contributed by atoms with Gasteiger partial charge in [0.05, 0.1) is 6.54 Å². The van der Waals surface area contributed by atoms with Crippen LogP contribution < -0.4 is 20.7 Å². The van der Waals surface area contributed by atoms with Crippen molar-refractivity contribution in [1.29, 1.82) is 0 Å². The molecule has 0 saturated carbocycles. The molecular formula is C25H33N3O. The Morgan fingerprint density at radius 2 is 1.83 bits per heavy atom. The quantitative estimate of drug-likeness (QED) is 0.527. The number of aryl methyl sites for hydroxylation is 1. The van der Waals surface area contributed by atoms with Crippen LogP contribution >= 0.6 is 0 Å². The minimum absolute atomic E-state index is 0.0510. The first-order valence-corrected chi connectivity index (χ1v) is 10.5. The van der Waals surface area contributed by atoms with Crippen LogP contribution in [0.1, 0.15) is 48.9 Å². The predicted molar refractivity (Wildman–Crippen MR) is 124 cm³/mol. The summed E-state index contributed by atoms with van der Waals surface area (Å²) in [5, 5.41) is 8.71. The number of rotatable bonds is 9. The summed E-state index contributed by atoms with van der Waals surface area (Å²) in [5.41, 5.74) is 6.54. The number of nitrogens with one attached hydrogen (secondary N) is 1. The van der Waals surface area contributed by atoms with Crippen LogP contribution in [0.2, 0.25) is 0 Å². The van der Waals surface area contributed by atoms with Crippen LogP contribution in [0.15, 0.2) is 35.5 Å². The Morgan fingerprint density at radius 3 is 2.55 bits per heavy atom. The van der Waals surface area contributed by atoms with Gasteiger partial charge < -0.3 is 10.2 Å². The molecule has 2 aromatic carbocycles. The number of benzene rings is 2. The summed E-state index contributed by atoms with van der Waals surface area (Å²) in [6.45, 7) is 11.2. The summed E-state index contributed by atoms with van der Waals surface area (Å²) in [5.74, 6) is 0. The minimum Gasteiger partial charge on any atom is -0.378 e. The zero-order valence-corrected chi connectivity index (χ0v) is 18.2. The number of nitroso groups, excluding NO2 is 1. The fraction of sp³-hybridized carbons (Fsp3) is 0.440. The molecular weight excluding hydrogens is 358 g/mol. The van der Waals surface area contributed by atoms with E-state index in [1.165, 1.54) is 33.2 Å². The van der Waals surface area contributed by atoms with Crippen LogP contribution in [0, 0.1) is 4.91 Å². The first kappa shape index (κ1) is 21.3. The zero-order valence-electron chi connectivity index (χ0n) is 18.2. The Kier molecular flexibility index (Phi) is 6.53. The van der Waals surface area contributed by atoms with Crippen LogP contribution in [0.3, 0.4) is 0 Å². The van der Waals surface area contributed by atoms with Crippen LogP contribution in [0.4, 0.5) is 5.69 Å². The molecule has 1 aliphatic carbocycles. The van der Waals surface area contributed by atoms with Gasteiger partial charge in [-0.15, -0.1) is 0 Å². The van der Waals surface area contributed by atoms with Crippen molar-refractivity contribution in [3.63, 3.8) is 0 Å². The van der Waals surface area contributed by atoms with E-state index in [-0.39, 0.29) is 5.41 Å². The standard InChI is InChI=1S/C25H33N3O/c1-18-14-23-21(15-19(18)8-6-11-26-12-7-13-27-29)16-20-9-10-22(28(4)5)17-24(20)25(23,2)3/h9-10,14-17,26H,1,6-8,11-13H2,2-5H3. The molecule has 0 saturated heterocycles. The maximum absolute atomic E-state index is 10.1. The molecule has 29 heavy (non-hydrogen) atoms. The molecule has 0 bridgehead atoms. The normalized spacial score (nSPS) is 13.9. The van der Waals surface area contributed by atoms with Crippen molar-refractivity contribution < 1.29 is 0 Å². The van der Waals surface area contributed by atoms with E-state index in [4.69, 9.17) is 0 Å². The highest BCUT2D eigenvalue weighted by molar-refractivity contribution is 5.67. The van der Waals surface area contributed by atoms with E-state index in [0.29, 0.717) is 6.54 Å². The molecule has 0 unspecified atom stereocenters. The highest BCUT2D eigenvalue weighted by atomic mass is 16.3. The topological polar surface area (TPSA) is 44.7 Å². The lowest BCUT2D eigenvalue weighted by Crippen LogP contribution is -2.34. The molecule has 154 valence electrons. The van der Waals surface area contributed by atoms with Crippen LogP contribution in [-0.4, -0.2) is 33.7 Å². The third-order valence-electron chi connectivity index (χ3n) is 5.99. The first-order valence-electron chi connectivity index (χ1n) is 10.5. The molecule has 0 radical (unpaired) electrons. The van der Waals surface area contributed by atoms with E-state index in [2.05, 4.69) is 86.3 Å². The lowest BCUT2D eigenvalue weighted by molar-refractivity contribution is 0.621. The van der Waals surface area contributed by atoms with Crippen LogP contribution in [0.25, 0.3) is 12.7 Å². The second kappa shape index (κ2) is 8.91. The van der Waals surface area contributed by atoms with Crippen molar-refractivity contribution in [2.24, 2.45) is 5.18 Å². The van der Waals surface area contributed by atoms with Gasteiger partial charge in [0.1, 0.15) is 0 Å². The van der Waals surface area contributed by atoms with Crippen molar-refractivity contribution >= 4 is 18.3 Å². The summed E-state index contributed by atoms with van der Waals surface area (Å²) >= 11 is 0. The van der Waals surface area contributed by atoms with Gasteiger partial charge in [-0.2, -0.15) is 4.91 Å². The SMILES string of the molecule is C=c1cc2c(cc1CCCNCCCN=O)=Cc1ccc(N(C)C)cc1C2(C)C. The number of anilines is 1. The average Bonchev–Trinajstić information content (AvgIpc) is 2.68. The number of hydrogen-bond acceptors (Lipinski definition) is 4. The number of fused-ring (bicyclic) bond motifs is 2. The highest BCUT2D eigenvalue weighted by Gasteiger charge is 2.30. The first-order chi connectivity index (χ1) is 13.8. The van der Waals surface area contributed by atoms with Crippen molar-refractivity contribution in [2.75, 3.05) is 38.6 Å². The van der Waals surface area contributed by atoms with Crippen molar-refractivity contribution in [3.8, 4) is 0 Å². The van der Waals surface area contributed by atoms with E-state index in [1.54, 1.807) is 0 Å². The van der Waals surface area contributed by atoms with Crippen LogP contribution in [0.5, 0.6) is 0 Å². The lowest BCUT2D eigenvalue weighted by atomic mass is 9.71. The minimum atomic E-state index is -0.0510. The average molecular weight is 392 g/mol. The maximum atomic E-state index is 10.1. The van der Waals surface area contributed by atoms with Gasteiger partial charge in [-0.25, -0.2) is 0 Å². The Hall–Kier alpha value is -2.46. The summed E-state index contributed by atoms with van der Waals surface area (Å²) < 4.78 is 0. The second-order valence-corrected chi connectivity index (χ2v) is 8.70. The zero-order chi connectivity index (χ0) is 21.0. The van der Waals surface area contributed by atoms with Gasteiger partial charge in [-0.1, -0.05) is 43.8 Å². The van der Waals surface area contributed by atoms with E-state index < -0.39 is 0 Å². The molecule has 2 aromatic rings. The van der Waals surface area contributed by atoms with Crippen molar-refractivity contribution in [2.45, 2.75) is 38.5 Å². The van der Waals surface area contributed by atoms with Crippen LogP contribution in [-0.2, 0) is 11.8 Å². The van der Waals surface area contributed by atoms with Crippen molar-refractivity contribution in [1.82, 2.24) is 5.32 Å². The number of nitrogens with zero attached hydrogens (tertiary/aromatic N) is 2. The van der Waals surface area contributed by atoms with Gasteiger partial charge in [0.25, 0.3) is 0 Å². The monoisotopic (exact) mass is 391 g/mol. The van der Waals surface area contributed by atoms with Gasteiger partial charge in [0.2, 0.25) is 0 Å². The molecule has 0 heterocycles. The largest absolute Gasteiger partial charge is 0.378 e. The van der Waals surface area contributed by atoms with Gasteiger partial charge in [-0.05, 0) is 83.3 Å². The Balaban J connectivity index is 1.83. The Morgan fingerprint density at radius 1 is 1.07 bits per heavy atom.